The van der Waals surface area contributed by atoms with Gasteiger partial charge in [0.1, 0.15) is 40.2 Å². The number of carbonyl (C=O) groups is 1. The highest BCUT2D eigenvalue weighted by Gasteiger charge is 2.44. The number of aromatic hydroxyl groups is 2. The first-order valence-corrected chi connectivity index (χ1v) is 18.7. The molecule has 0 bridgehead atoms. The van der Waals surface area contributed by atoms with Crippen molar-refractivity contribution < 1.29 is 19.7 Å². The molecule has 238 valence electrons. The van der Waals surface area contributed by atoms with E-state index in [9.17, 15) is 15.0 Å². The Morgan fingerprint density at radius 1 is 0.578 bits per heavy atom. The van der Waals surface area contributed by atoms with Crippen molar-refractivity contribution in [2.45, 2.75) is 84.0 Å². The van der Waals surface area contributed by atoms with Crippen LogP contribution in [0.4, 0.5) is 0 Å². The molecule has 45 heavy (non-hydrogen) atoms. The number of carbonyl (C=O) groups excluding carboxylic acids is 1. The summed E-state index contributed by atoms with van der Waals surface area (Å²) in [4.78, 5) is 12.3. The van der Waals surface area contributed by atoms with Gasteiger partial charge in [-0.25, -0.2) is 4.79 Å². The van der Waals surface area contributed by atoms with Gasteiger partial charge in [0.25, 0.3) is 0 Å². The minimum atomic E-state index is -1.71. The normalized spacial score (nSPS) is 11.4. The zero-order valence-electron chi connectivity index (χ0n) is 26.9. The summed E-state index contributed by atoms with van der Waals surface area (Å²) in [5.74, 6) is -0.837. The smallest absolute Gasteiger partial charge is 0.342 e. The van der Waals surface area contributed by atoms with Gasteiger partial charge in [0.05, 0.1) is 12.8 Å². The predicted molar refractivity (Wildman–Crippen MR) is 190 cm³/mol. The Morgan fingerprint density at radius 2 is 0.978 bits per heavy atom. The third kappa shape index (κ3) is 9.93. The number of phenolic OH excluding ortho intramolecular Hbond substituents is 2. The number of unbranched alkanes of at least 4 members (excludes halogenated alkanes) is 11. The van der Waals surface area contributed by atoms with E-state index in [-0.39, 0.29) is 17.1 Å². The number of ether oxygens (including phenoxy) is 1. The zero-order chi connectivity index (χ0) is 31.7. The van der Waals surface area contributed by atoms with Crippen LogP contribution in [-0.2, 0) is 4.74 Å². The Balaban J connectivity index is 1.09. The Hall–Kier alpha value is -3.62. The van der Waals surface area contributed by atoms with Crippen molar-refractivity contribution in [2.75, 3.05) is 12.8 Å². The minimum absolute atomic E-state index is 0.0635. The largest absolute Gasteiger partial charge is 0.508 e. The Kier molecular flexibility index (Phi) is 14.0. The fraction of sp³-hybridized carbons (Fsp3) is 0.375. The molecule has 4 nitrogen and oxygen atoms in total. The van der Waals surface area contributed by atoms with Crippen LogP contribution in [0.5, 0.6) is 11.5 Å². The first-order valence-electron chi connectivity index (χ1n) is 16.8. The van der Waals surface area contributed by atoms with Crippen molar-refractivity contribution in [2.24, 2.45) is 0 Å². The van der Waals surface area contributed by atoms with Crippen LogP contribution in [-0.4, -0.2) is 29.0 Å². The third-order valence-corrected chi connectivity index (χ3v) is 13.2. The number of hydrogen-bond donors (Lipinski definition) is 2. The fourth-order valence-corrected chi connectivity index (χ4v) is 10.8. The van der Waals surface area contributed by atoms with Crippen molar-refractivity contribution in [1.82, 2.24) is 0 Å². The van der Waals surface area contributed by atoms with Crippen LogP contribution in [0.1, 0.15) is 93.0 Å². The van der Waals surface area contributed by atoms with Crippen molar-refractivity contribution in [3.63, 3.8) is 0 Å². The lowest BCUT2D eigenvalue weighted by molar-refractivity contribution is 0.0493. The van der Waals surface area contributed by atoms with Gasteiger partial charge in [0.15, 0.2) is 0 Å². The molecular weight excluding hydrogens is 575 g/mol. The van der Waals surface area contributed by atoms with Crippen molar-refractivity contribution in [3.8, 4) is 11.5 Å². The molecule has 0 aliphatic heterocycles. The topological polar surface area (TPSA) is 66.8 Å². The summed E-state index contributed by atoms with van der Waals surface area (Å²) in [5.41, 5.74) is 0.643. The second-order valence-electron chi connectivity index (χ2n) is 12.1. The molecule has 0 amide bonds. The molecule has 0 aromatic heterocycles. The maximum atomic E-state index is 12.3. The van der Waals surface area contributed by atoms with E-state index in [1.165, 1.54) is 92.0 Å². The molecule has 4 aromatic rings. The van der Waals surface area contributed by atoms with Crippen molar-refractivity contribution >= 4 is 29.1 Å². The first kappa shape index (κ1) is 34.3. The highest BCUT2D eigenvalue weighted by Crippen LogP contribution is 2.56. The lowest BCUT2D eigenvalue weighted by Crippen LogP contribution is -2.33. The first-order chi connectivity index (χ1) is 22.0. The summed E-state index contributed by atoms with van der Waals surface area (Å²) in [6, 6.07) is 36.2. The maximum absolute atomic E-state index is 12.3. The number of benzene rings is 4. The third-order valence-electron chi connectivity index (χ3n) is 8.72. The van der Waals surface area contributed by atoms with Crippen molar-refractivity contribution in [1.29, 1.82) is 0 Å². The van der Waals surface area contributed by atoms with Crippen LogP contribution < -0.4 is 15.9 Å². The van der Waals surface area contributed by atoms with Gasteiger partial charge in [0, 0.05) is 6.07 Å². The van der Waals surface area contributed by atoms with Crippen LogP contribution in [0.3, 0.4) is 0 Å². The van der Waals surface area contributed by atoms with Crippen LogP contribution >= 0.6 is 7.26 Å². The highest BCUT2D eigenvalue weighted by molar-refractivity contribution is 7.95. The van der Waals surface area contributed by atoms with E-state index in [0.29, 0.717) is 12.2 Å². The van der Waals surface area contributed by atoms with E-state index >= 15 is 0 Å². The monoisotopic (exact) mass is 625 g/mol. The van der Waals surface area contributed by atoms with E-state index in [1.807, 2.05) is 0 Å². The molecule has 4 aromatic carbocycles. The van der Waals surface area contributed by atoms with E-state index in [1.54, 1.807) is 6.92 Å². The molecule has 0 fully saturated rings. The van der Waals surface area contributed by atoms with Crippen molar-refractivity contribution in [3.05, 3.63) is 114 Å². The molecular formula is C40H50O4P+. The lowest BCUT2D eigenvalue weighted by Gasteiger charge is -2.27. The molecule has 0 heterocycles. The molecule has 2 N–H and O–H groups in total. The average Bonchev–Trinajstić information content (AvgIpc) is 3.05. The van der Waals surface area contributed by atoms with Crippen LogP contribution in [0, 0.1) is 6.92 Å². The molecule has 0 unspecified atom stereocenters. The van der Waals surface area contributed by atoms with Gasteiger partial charge in [-0.2, -0.15) is 0 Å². The molecule has 0 radical (unpaired) electrons. The van der Waals surface area contributed by atoms with Gasteiger partial charge in [0.2, 0.25) is 0 Å². The summed E-state index contributed by atoms with van der Waals surface area (Å²) in [5, 5.41) is 23.9. The van der Waals surface area contributed by atoms with Crippen LogP contribution in [0.15, 0.2) is 103 Å². The summed E-state index contributed by atoms with van der Waals surface area (Å²) in [6.45, 7) is 2.02. The number of rotatable bonds is 19. The van der Waals surface area contributed by atoms with Gasteiger partial charge in [-0.15, -0.1) is 0 Å². The molecule has 0 saturated carbocycles. The SMILES string of the molecule is Cc1cc(O)cc(O)c1C(=O)OCCCCCCCCCCCCCC[P+](c1ccccc1)(c1ccccc1)c1ccccc1. The van der Waals surface area contributed by atoms with E-state index in [4.69, 9.17) is 4.74 Å². The average molecular weight is 626 g/mol. The van der Waals surface area contributed by atoms with Crippen LogP contribution in [0.25, 0.3) is 0 Å². The number of esters is 1. The molecule has 0 aliphatic rings. The number of aryl methyl sites for hydroxylation is 1. The van der Waals surface area contributed by atoms with Gasteiger partial charge < -0.3 is 14.9 Å². The molecule has 4 rings (SSSR count). The van der Waals surface area contributed by atoms with Gasteiger partial charge in [-0.05, 0) is 74.2 Å². The minimum Gasteiger partial charge on any atom is -0.508 e. The van der Waals surface area contributed by atoms with Gasteiger partial charge in [-0.1, -0.05) is 112 Å². The number of hydrogen-bond acceptors (Lipinski definition) is 4. The maximum Gasteiger partial charge on any atom is 0.342 e. The summed E-state index contributed by atoms with van der Waals surface area (Å²) in [6.07, 6.45) is 15.8. The second-order valence-corrected chi connectivity index (χ2v) is 15.7. The summed E-state index contributed by atoms with van der Waals surface area (Å²) in [7, 11) is -1.71. The molecule has 0 spiro atoms. The molecule has 0 aliphatic carbocycles. The summed E-state index contributed by atoms with van der Waals surface area (Å²) >= 11 is 0. The lowest BCUT2D eigenvalue weighted by atomic mass is 10.1. The second kappa shape index (κ2) is 18.4. The fourth-order valence-electron chi connectivity index (χ4n) is 6.35. The van der Waals surface area contributed by atoms with E-state index in [2.05, 4.69) is 91.0 Å². The number of phenols is 2. The Bertz CT molecular complexity index is 1300. The van der Waals surface area contributed by atoms with Gasteiger partial charge in [-0.3, -0.25) is 0 Å². The molecule has 0 atom stereocenters. The highest BCUT2D eigenvalue weighted by atomic mass is 31.2. The Morgan fingerprint density at radius 3 is 1.40 bits per heavy atom. The van der Waals surface area contributed by atoms with E-state index in [0.717, 1.165) is 19.3 Å². The van der Waals surface area contributed by atoms with E-state index < -0.39 is 13.2 Å². The quantitative estimate of drug-likeness (QED) is 0.0619. The zero-order valence-corrected chi connectivity index (χ0v) is 27.8. The summed E-state index contributed by atoms with van der Waals surface area (Å²) < 4.78 is 5.34. The molecule has 0 saturated heterocycles. The predicted octanol–water partition coefficient (Wildman–Crippen LogP) is 9.24. The van der Waals surface area contributed by atoms with Crippen LogP contribution in [0.2, 0.25) is 0 Å². The standard InChI is InChI=1S/C40H49O4P/c1-33-31-34(41)32-38(42)39(33)40(43)44-29-21-10-8-6-4-2-3-5-7-9-11-22-30-45(35-23-15-12-16-24-35,36-25-17-13-18-26-36)37-27-19-14-20-28-37/h12-20,23-28,31-32H,2-11,21-22,29-30H2,1H3,(H-,41,42,43)/p+1. The van der Waals surface area contributed by atoms with Gasteiger partial charge >= 0.3 is 5.97 Å². The molecule has 5 heteroatoms. The Labute approximate surface area is 270 Å².